The summed E-state index contributed by atoms with van der Waals surface area (Å²) < 4.78 is 17.7. The van der Waals surface area contributed by atoms with E-state index < -0.39 is 0 Å². The predicted molar refractivity (Wildman–Crippen MR) is 83.6 cm³/mol. The molecule has 1 aromatic carbocycles. The Labute approximate surface area is 130 Å². The van der Waals surface area contributed by atoms with Crippen LogP contribution in [0, 0.1) is 5.82 Å². The van der Waals surface area contributed by atoms with Crippen molar-refractivity contribution in [2.24, 2.45) is 0 Å². The zero-order valence-corrected chi connectivity index (χ0v) is 13.0. The van der Waals surface area contributed by atoms with Crippen molar-refractivity contribution in [3.8, 4) is 0 Å². The van der Waals surface area contributed by atoms with Gasteiger partial charge in [-0.15, -0.1) is 0 Å². The minimum atomic E-state index is -0.314. The minimum absolute atomic E-state index is 0.171. The van der Waals surface area contributed by atoms with Gasteiger partial charge in [0.05, 0.1) is 13.0 Å². The van der Waals surface area contributed by atoms with Crippen molar-refractivity contribution in [1.29, 1.82) is 0 Å². The molecule has 22 heavy (non-hydrogen) atoms. The van der Waals surface area contributed by atoms with Crippen molar-refractivity contribution in [2.75, 3.05) is 19.7 Å². The summed E-state index contributed by atoms with van der Waals surface area (Å²) in [6.45, 7) is 4.96. The number of hydrogen-bond acceptors (Lipinski definition) is 3. The van der Waals surface area contributed by atoms with Crippen LogP contribution in [0.2, 0.25) is 0 Å². The molecule has 0 aliphatic carbocycles. The van der Waals surface area contributed by atoms with Crippen LogP contribution in [-0.2, 0) is 14.3 Å². The molecular weight excluding hydrogens is 285 g/mol. The van der Waals surface area contributed by atoms with E-state index in [4.69, 9.17) is 4.74 Å². The Kier molecular flexibility index (Phi) is 7.89. The molecule has 1 rings (SSSR count). The van der Waals surface area contributed by atoms with Gasteiger partial charge in [0.15, 0.2) is 0 Å². The lowest BCUT2D eigenvalue weighted by Gasteiger charge is -2.19. The number of ether oxygens (including phenoxy) is 1. The number of esters is 1. The second-order valence-electron chi connectivity index (χ2n) is 4.77. The van der Waals surface area contributed by atoms with E-state index in [9.17, 15) is 14.0 Å². The molecule has 0 radical (unpaired) electrons. The van der Waals surface area contributed by atoms with Crippen LogP contribution in [0.25, 0.3) is 6.08 Å². The molecular formula is C17H22FNO3. The highest BCUT2D eigenvalue weighted by Gasteiger charge is 2.12. The number of benzene rings is 1. The second-order valence-corrected chi connectivity index (χ2v) is 4.77. The summed E-state index contributed by atoms with van der Waals surface area (Å²) in [5.74, 6) is -0.792. The van der Waals surface area contributed by atoms with Crippen LogP contribution in [0.3, 0.4) is 0 Å². The lowest BCUT2D eigenvalue weighted by atomic mass is 10.2. The van der Waals surface area contributed by atoms with Gasteiger partial charge in [-0.05, 0) is 37.1 Å². The zero-order valence-electron chi connectivity index (χ0n) is 13.0. The highest BCUT2D eigenvalue weighted by atomic mass is 19.1. The first-order valence-electron chi connectivity index (χ1n) is 7.45. The third kappa shape index (κ3) is 6.52. The smallest absolute Gasteiger partial charge is 0.307 e. The number of rotatable bonds is 8. The highest BCUT2D eigenvalue weighted by molar-refractivity contribution is 5.92. The lowest BCUT2D eigenvalue weighted by Crippen LogP contribution is -2.32. The van der Waals surface area contributed by atoms with Gasteiger partial charge in [-0.2, -0.15) is 0 Å². The highest BCUT2D eigenvalue weighted by Crippen LogP contribution is 2.06. The van der Waals surface area contributed by atoms with Gasteiger partial charge in [0.25, 0.3) is 0 Å². The van der Waals surface area contributed by atoms with Gasteiger partial charge >= 0.3 is 5.97 Å². The quantitative estimate of drug-likeness (QED) is 0.548. The third-order valence-corrected chi connectivity index (χ3v) is 2.98. The van der Waals surface area contributed by atoms with Crippen molar-refractivity contribution in [3.63, 3.8) is 0 Å². The largest absolute Gasteiger partial charge is 0.466 e. The number of carbonyl (C=O) groups excluding carboxylic acids is 2. The van der Waals surface area contributed by atoms with Crippen molar-refractivity contribution < 1.29 is 18.7 Å². The number of nitrogens with zero attached hydrogens (tertiary/aromatic N) is 1. The summed E-state index contributed by atoms with van der Waals surface area (Å²) in [4.78, 5) is 25.1. The fourth-order valence-electron chi connectivity index (χ4n) is 1.91. The summed E-state index contributed by atoms with van der Waals surface area (Å²) in [7, 11) is 0. The van der Waals surface area contributed by atoms with Crippen molar-refractivity contribution in [1.82, 2.24) is 4.90 Å². The Bertz CT molecular complexity index is 511. The summed E-state index contributed by atoms with van der Waals surface area (Å²) in [6, 6.07) is 5.88. The average Bonchev–Trinajstić information content (AvgIpc) is 2.51. The van der Waals surface area contributed by atoms with Gasteiger partial charge in [0.2, 0.25) is 5.91 Å². The van der Waals surface area contributed by atoms with Gasteiger partial charge in [-0.3, -0.25) is 9.59 Å². The molecule has 0 spiro atoms. The summed E-state index contributed by atoms with van der Waals surface area (Å²) in [5, 5.41) is 0. The number of hydrogen-bond donors (Lipinski definition) is 0. The second kappa shape index (κ2) is 9.71. The van der Waals surface area contributed by atoms with Crippen LogP contribution in [0.15, 0.2) is 30.3 Å². The van der Waals surface area contributed by atoms with E-state index in [-0.39, 0.29) is 24.1 Å². The molecule has 0 saturated heterocycles. The molecule has 0 N–H and O–H groups in total. The molecule has 120 valence electrons. The number of halogens is 1. The normalized spacial score (nSPS) is 10.7. The van der Waals surface area contributed by atoms with Crippen molar-refractivity contribution >= 4 is 18.0 Å². The molecule has 0 unspecified atom stereocenters. The van der Waals surface area contributed by atoms with Crippen molar-refractivity contribution in [3.05, 3.63) is 41.7 Å². The topological polar surface area (TPSA) is 46.6 Å². The zero-order chi connectivity index (χ0) is 16.4. The first-order valence-corrected chi connectivity index (χ1v) is 7.45. The maximum absolute atomic E-state index is 12.8. The molecule has 0 fully saturated rings. The van der Waals surface area contributed by atoms with E-state index in [0.717, 1.165) is 12.0 Å². The molecule has 0 aromatic heterocycles. The molecule has 4 nitrogen and oxygen atoms in total. The molecule has 0 saturated carbocycles. The molecule has 0 heterocycles. The Hall–Kier alpha value is -2.17. The van der Waals surface area contributed by atoms with Gasteiger partial charge in [-0.25, -0.2) is 4.39 Å². The van der Waals surface area contributed by atoms with Gasteiger partial charge in [-0.1, -0.05) is 19.1 Å². The monoisotopic (exact) mass is 307 g/mol. The van der Waals surface area contributed by atoms with E-state index in [1.807, 2.05) is 6.92 Å². The first-order chi connectivity index (χ1) is 10.6. The minimum Gasteiger partial charge on any atom is -0.466 e. The SMILES string of the molecule is CCCN(CCC(=O)OCC)C(=O)/C=C/c1ccc(F)cc1. The van der Waals surface area contributed by atoms with Gasteiger partial charge < -0.3 is 9.64 Å². The maximum atomic E-state index is 12.8. The Morgan fingerprint density at radius 1 is 1.18 bits per heavy atom. The standard InChI is InChI=1S/C17H22FNO3/c1-3-12-19(13-11-17(21)22-4-2)16(20)10-7-14-5-8-15(18)9-6-14/h5-10H,3-4,11-13H2,1-2H3/b10-7+. The van der Waals surface area contributed by atoms with Gasteiger partial charge in [0, 0.05) is 19.2 Å². The Morgan fingerprint density at radius 2 is 1.86 bits per heavy atom. The maximum Gasteiger partial charge on any atom is 0.307 e. The number of amides is 1. The van der Waals surface area contributed by atoms with Crippen LogP contribution in [0.4, 0.5) is 4.39 Å². The molecule has 0 bridgehead atoms. The Morgan fingerprint density at radius 3 is 2.45 bits per heavy atom. The molecule has 5 heteroatoms. The first kappa shape index (κ1) is 17.9. The summed E-state index contributed by atoms with van der Waals surface area (Å²) in [6.07, 6.45) is 4.06. The van der Waals surface area contributed by atoms with Gasteiger partial charge in [0.1, 0.15) is 5.82 Å². The van der Waals surface area contributed by atoms with E-state index >= 15 is 0 Å². The molecule has 0 aliphatic heterocycles. The van der Waals surface area contributed by atoms with E-state index in [1.54, 1.807) is 30.0 Å². The van der Waals surface area contributed by atoms with Crippen LogP contribution in [-0.4, -0.2) is 36.5 Å². The van der Waals surface area contributed by atoms with E-state index in [2.05, 4.69) is 0 Å². The average molecular weight is 307 g/mol. The van der Waals surface area contributed by atoms with Crippen molar-refractivity contribution in [2.45, 2.75) is 26.7 Å². The summed E-state index contributed by atoms with van der Waals surface area (Å²) >= 11 is 0. The van der Waals surface area contributed by atoms with Crippen LogP contribution < -0.4 is 0 Å². The van der Waals surface area contributed by atoms with Crippen LogP contribution in [0.5, 0.6) is 0 Å². The third-order valence-electron chi connectivity index (χ3n) is 2.98. The molecule has 1 aromatic rings. The lowest BCUT2D eigenvalue weighted by molar-refractivity contribution is -0.143. The predicted octanol–water partition coefficient (Wildman–Crippen LogP) is 3.03. The fraction of sp³-hybridized carbons (Fsp3) is 0.412. The van der Waals surface area contributed by atoms with Crippen LogP contribution in [0.1, 0.15) is 32.3 Å². The Balaban J connectivity index is 2.60. The molecule has 0 atom stereocenters. The summed E-state index contributed by atoms with van der Waals surface area (Å²) in [5.41, 5.74) is 0.747. The fourth-order valence-corrected chi connectivity index (χ4v) is 1.91. The van der Waals surface area contributed by atoms with Crippen LogP contribution >= 0.6 is 0 Å². The molecule has 0 aliphatic rings. The van der Waals surface area contributed by atoms with E-state index in [1.165, 1.54) is 18.2 Å². The number of carbonyl (C=O) groups is 2. The van der Waals surface area contributed by atoms with E-state index in [0.29, 0.717) is 19.7 Å². The molecule has 1 amide bonds.